The van der Waals surface area contributed by atoms with Gasteiger partial charge >= 0.3 is 6.18 Å². The van der Waals surface area contributed by atoms with E-state index in [0.717, 1.165) is 6.20 Å². The summed E-state index contributed by atoms with van der Waals surface area (Å²) in [7, 11) is 1.58. The van der Waals surface area contributed by atoms with Crippen LogP contribution in [0.3, 0.4) is 0 Å². The molecule has 1 aliphatic rings. The number of rotatable bonds is 7. The van der Waals surface area contributed by atoms with Crippen molar-refractivity contribution >= 4 is 28.5 Å². The molecule has 0 fully saturated rings. The highest BCUT2D eigenvalue weighted by atomic mass is 32.2. The van der Waals surface area contributed by atoms with Crippen molar-refractivity contribution in [3.05, 3.63) is 47.2 Å². The third kappa shape index (κ3) is 5.89. The molecule has 1 amide bonds. The van der Waals surface area contributed by atoms with Crippen molar-refractivity contribution in [1.29, 1.82) is 0 Å². The lowest BCUT2D eigenvalue weighted by Crippen LogP contribution is -2.50. The summed E-state index contributed by atoms with van der Waals surface area (Å²) in [5.41, 5.74) is 5.50. The van der Waals surface area contributed by atoms with Gasteiger partial charge in [0.05, 0.1) is 24.0 Å². The first-order chi connectivity index (χ1) is 16.7. The Kier molecular flexibility index (Phi) is 7.84. The van der Waals surface area contributed by atoms with Gasteiger partial charge in [-0.2, -0.15) is 13.2 Å². The Hall–Kier alpha value is -2.93. The largest absolute Gasteiger partial charge is 0.467 e. The van der Waals surface area contributed by atoms with Gasteiger partial charge in [0, 0.05) is 29.0 Å². The van der Waals surface area contributed by atoms with E-state index in [1.807, 2.05) is 13.8 Å². The molecule has 0 radical (unpaired) electrons. The Balaban J connectivity index is 1.87. The number of methoxy groups -OCH3 is 1. The van der Waals surface area contributed by atoms with Gasteiger partial charge in [0.15, 0.2) is 11.8 Å². The highest BCUT2D eigenvalue weighted by Gasteiger charge is 2.50. The van der Waals surface area contributed by atoms with E-state index in [0.29, 0.717) is 11.8 Å². The van der Waals surface area contributed by atoms with E-state index in [1.54, 1.807) is 14.0 Å². The quantitative estimate of drug-likeness (QED) is 0.510. The van der Waals surface area contributed by atoms with Gasteiger partial charge in [-0.1, -0.05) is 18.7 Å². The molecule has 3 atom stereocenters. The number of halogens is 4. The molecule has 196 valence electrons. The number of aliphatic imine (C=N–C) groups is 1. The minimum Gasteiger partial charge on any atom is -0.467 e. The van der Waals surface area contributed by atoms with Crippen LogP contribution in [0.4, 0.5) is 23.2 Å². The predicted octanol–water partition coefficient (Wildman–Crippen LogP) is 4.44. The van der Waals surface area contributed by atoms with Crippen LogP contribution in [0.2, 0.25) is 0 Å². The molecule has 0 aliphatic carbocycles. The van der Waals surface area contributed by atoms with Gasteiger partial charge < -0.3 is 20.5 Å². The van der Waals surface area contributed by atoms with E-state index in [1.165, 1.54) is 36.9 Å². The first-order valence-electron chi connectivity index (χ1n) is 10.9. The summed E-state index contributed by atoms with van der Waals surface area (Å²) in [4.78, 5) is 25.1. The number of benzene rings is 1. The average molecular weight is 530 g/mol. The number of nitrogens with one attached hydrogen (secondary N) is 1. The fourth-order valence-corrected chi connectivity index (χ4v) is 5.39. The fraction of sp³-hybridized carbons (Fsp3) is 0.478. The van der Waals surface area contributed by atoms with Crippen LogP contribution < -0.4 is 15.8 Å². The molecule has 1 aromatic carbocycles. The second kappa shape index (κ2) is 10.2. The van der Waals surface area contributed by atoms with Crippen LogP contribution in [0.25, 0.3) is 0 Å². The summed E-state index contributed by atoms with van der Waals surface area (Å²) in [6.07, 6.45) is -3.60. The molecule has 0 spiro atoms. The molecule has 8 nitrogen and oxygen atoms in total. The molecule has 3 rings (SSSR count). The van der Waals surface area contributed by atoms with Crippen LogP contribution in [0.15, 0.2) is 29.4 Å². The SMILES string of the molecule is COC[C@@]1(C)SC(N)=N[C@](C)(c2cc(NC(=O)c3ncc(OCC(F)(F)F)nc3C)ccc2F)C1C. The van der Waals surface area contributed by atoms with Crippen molar-refractivity contribution in [3.8, 4) is 5.88 Å². The highest BCUT2D eigenvalue weighted by molar-refractivity contribution is 8.15. The number of alkyl halides is 3. The fourth-order valence-electron chi connectivity index (χ4n) is 4.09. The van der Waals surface area contributed by atoms with Crippen molar-refractivity contribution in [2.24, 2.45) is 16.6 Å². The lowest BCUT2D eigenvalue weighted by atomic mass is 9.74. The molecule has 1 aliphatic heterocycles. The number of aromatic nitrogens is 2. The number of hydrogen-bond acceptors (Lipinski definition) is 8. The summed E-state index contributed by atoms with van der Waals surface area (Å²) < 4.78 is 61.6. The van der Waals surface area contributed by atoms with Gasteiger partial charge in [0.25, 0.3) is 5.91 Å². The molecule has 1 unspecified atom stereocenters. The standard InChI is InChI=1S/C23H27F4N5O3S/c1-12-18(29-9-17(30-12)35-11-23(25,26)27)19(33)31-14-6-7-16(24)15(8-14)22(4)13(2)21(3,10-34-5)36-20(28)32-22/h6-9,13H,10-11H2,1-5H3,(H2,28,32)(H,31,33)/t13?,21-,22+/m1/s1. The van der Waals surface area contributed by atoms with Crippen molar-refractivity contribution in [2.75, 3.05) is 25.6 Å². The number of aryl methyl sites for hydroxylation is 1. The lowest BCUT2D eigenvalue weighted by Gasteiger charge is -2.47. The summed E-state index contributed by atoms with van der Waals surface area (Å²) in [5, 5.41) is 2.93. The Morgan fingerprint density at radius 1 is 1.31 bits per heavy atom. The second-order valence-corrected chi connectivity index (χ2v) is 10.4. The number of nitrogens with two attached hydrogens (primary N) is 1. The Labute approximate surface area is 210 Å². The van der Waals surface area contributed by atoms with Crippen LogP contribution in [0.1, 0.15) is 42.5 Å². The Morgan fingerprint density at radius 2 is 2.00 bits per heavy atom. The van der Waals surface area contributed by atoms with E-state index in [9.17, 15) is 18.0 Å². The maximum atomic E-state index is 15.1. The summed E-state index contributed by atoms with van der Waals surface area (Å²) >= 11 is 1.37. The molecule has 2 heterocycles. The van der Waals surface area contributed by atoms with Crippen LogP contribution in [0, 0.1) is 18.7 Å². The zero-order chi connectivity index (χ0) is 26.9. The van der Waals surface area contributed by atoms with Gasteiger partial charge in [0.1, 0.15) is 11.5 Å². The third-order valence-corrected chi connectivity index (χ3v) is 7.40. The first kappa shape index (κ1) is 27.7. The van der Waals surface area contributed by atoms with E-state index in [2.05, 4.69) is 25.0 Å². The number of amides is 1. The van der Waals surface area contributed by atoms with E-state index >= 15 is 4.39 Å². The molecule has 2 aromatic rings. The number of amidine groups is 1. The summed E-state index contributed by atoms with van der Waals surface area (Å²) in [6.45, 7) is 5.93. The Morgan fingerprint density at radius 3 is 2.61 bits per heavy atom. The molecule has 0 saturated heterocycles. The number of nitrogens with zero attached hydrogens (tertiary/aromatic N) is 3. The molecule has 0 saturated carbocycles. The number of ether oxygens (including phenoxy) is 2. The minimum atomic E-state index is -4.53. The lowest BCUT2D eigenvalue weighted by molar-refractivity contribution is -0.154. The van der Waals surface area contributed by atoms with Crippen LogP contribution in [0.5, 0.6) is 5.88 Å². The van der Waals surface area contributed by atoms with Gasteiger partial charge in [-0.15, -0.1) is 0 Å². The van der Waals surface area contributed by atoms with Crippen LogP contribution >= 0.6 is 11.8 Å². The van der Waals surface area contributed by atoms with Crippen LogP contribution in [-0.4, -0.2) is 52.3 Å². The zero-order valence-corrected chi connectivity index (χ0v) is 21.2. The average Bonchev–Trinajstić information content (AvgIpc) is 2.77. The number of carbonyl (C=O) groups is 1. The molecule has 0 bridgehead atoms. The third-order valence-electron chi connectivity index (χ3n) is 6.16. The monoisotopic (exact) mass is 529 g/mol. The molecule has 3 N–H and O–H groups in total. The van der Waals surface area contributed by atoms with Gasteiger partial charge in [0.2, 0.25) is 5.88 Å². The van der Waals surface area contributed by atoms with Gasteiger partial charge in [-0.3, -0.25) is 9.79 Å². The van der Waals surface area contributed by atoms with E-state index < -0.39 is 34.8 Å². The topological polar surface area (TPSA) is 112 Å². The van der Waals surface area contributed by atoms with Gasteiger partial charge in [-0.05, 0) is 39.0 Å². The predicted molar refractivity (Wildman–Crippen MR) is 129 cm³/mol. The normalized spacial score (nSPS) is 24.2. The van der Waals surface area contributed by atoms with Crippen molar-refractivity contribution in [1.82, 2.24) is 9.97 Å². The van der Waals surface area contributed by atoms with Crippen molar-refractivity contribution in [3.63, 3.8) is 0 Å². The second-order valence-electron chi connectivity index (χ2n) is 8.86. The smallest absolute Gasteiger partial charge is 0.422 e. The van der Waals surface area contributed by atoms with Crippen LogP contribution in [-0.2, 0) is 10.3 Å². The maximum Gasteiger partial charge on any atom is 0.422 e. The molecule has 36 heavy (non-hydrogen) atoms. The molecule has 13 heteroatoms. The van der Waals surface area contributed by atoms with Gasteiger partial charge in [-0.25, -0.2) is 14.4 Å². The summed E-state index contributed by atoms with van der Waals surface area (Å²) in [5.74, 6) is -1.77. The molecular formula is C23H27F4N5O3S. The first-order valence-corrected chi connectivity index (χ1v) is 11.7. The maximum absolute atomic E-state index is 15.1. The van der Waals surface area contributed by atoms with Crippen molar-refractivity contribution in [2.45, 2.75) is 44.2 Å². The Bertz CT molecular complexity index is 1180. The number of carbonyl (C=O) groups excluding carboxylic acids is 1. The highest BCUT2D eigenvalue weighted by Crippen LogP contribution is 2.50. The number of anilines is 1. The number of hydrogen-bond donors (Lipinski definition) is 2. The summed E-state index contributed by atoms with van der Waals surface area (Å²) in [6, 6.07) is 4.08. The number of thioether (sulfide) groups is 1. The van der Waals surface area contributed by atoms with E-state index in [-0.39, 0.29) is 34.4 Å². The molecule has 1 aromatic heterocycles. The molecular weight excluding hydrogens is 502 g/mol. The van der Waals surface area contributed by atoms with E-state index in [4.69, 9.17) is 10.5 Å². The zero-order valence-electron chi connectivity index (χ0n) is 20.4. The van der Waals surface area contributed by atoms with Crippen molar-refractivity contribution < 1.29 is 31.8 Å². The minimum absolute atomic E-state index is 0.0621.